The number of carbonyl (C=O) groups is 1. The van der Waals surface area contributed by atoms with E-state index in [9.17, 15) is 4.79 Å². The monoisotopic (exact) mass is 245 g/mol. The standard InChI is InChI=1S/C14H19N3O/c1-4-16-13-7-5-12(6-8-13)14(18)17(3)10-11(2)9-15/h5-8,11,16H,4,10H2,1-3H3. The molecule has 4 nitrogen and oxygen atoms in total. The van der Waals surface area contributed by atoms with E-state index in [2.05, 4.69) is 11.4 Å². The Morgan fingerprint density at radius 1 is 1.44 bits per heavy atom. The molecule has 0 aromatic heterocycles. The van der Waals surface area contributed by atoms with Crippen molar-refractivity contribution in [3.05, 3.63) is 29.8 Å². The van der Waals surface area contributed by atoms with Gasteiger partial charge >= 0.3 is 0 Å². The van der Waals surface area contributed by atoms with Crippen LogP contribution >= 0.6 is 0 Å². The highest BCUT2D eigenvalue weighted by Gasteiger charge is 2.13. The maximum absolute atomic E-state index is 12.1. The van der Waals surface area contributed by atoms with Gasteiger partial charge in [0.25, 0.3) is 5.91 Å². The number of nitrogens with zero attached hydrogens (tertiary/aromatic N) is 2. The Balaban J connectivity index is 2.69. The number of hydrogen-bond acceptors (Lipinski definition) is 3. The first-order valence-corrected chi connectivity index (χ1v) is 6.07. The van der Waals surface area contributed by atoms with Gasteiger partial charge < -0.3 is 10.2 Å². The fourth-order valence-corrected chi connectivity index (χ4v) is 1.69. The lowest BCUT2D eigenvalue weighted by atomic mass is 10.1. The van der Waals surface area contributed by atoms with Gasteiger partial charge in [0.2, 0.25) is 0 Å². The van der Waals surface area contributed by atoms with E-state index in [1.54, 1.807) is 31.0 Å². The van der Waals surface area contributed by atoms with E-state index < -0.39 is 0 Å². The van der Waals surface area contributed by atoms with Crippen molar-refractivity contribution in [3.63, 3.8) is 0 Å². The average Bonchev–Trinajstić information content (AvgIpc) is 2.39. The van der Waals surface area contributed by atoms with Crippen molar-refractivity contribution in [2.24, 2.45) is 5.92 Å². The van der Waals surface area contributed by atoms with E-state index in [-0.39, 0.29) is 11.8 Å². The van der Waals surface area contributed by atoms with Crippen LogP contribution in [0.15, 0.2) is 24.3 Å². The molecule has 0 heterocycles. The van der Waals surface area contributed by atoms with Gasteiger partial charge in [0.05, 0.1) is 12.0 Å². The van der Waals surface area contributed by atoms with Crippen LogP contribution in [0.2, 0.25) is 0 Å². The lowest BCUT2D eigenvalue weighted by Gasteiger charge is -2.18. The number of nitriles is 1. The van der Waals surface area contributed by atoms with Crippen LogP contribution in [0.5, 0.6) is 0 Å². The Morgan fingerprint density at radius 2 is 2.06 bits per heavy atom. The van der Waals surface area contributed by atoms with Crippen LogP contribution in [0, 0.1) is 17.2 Å². The summed E-state index contributed by atoms with van der Waals surface area (Å²) >= 11 is 0. The van der Waals surface area contributed by atoms with Crippen molar-refractivity contribution < 1.29 is 4.79 Å². The number of benzene rings is 1. The van der Waals surface area contributed by atoms with Crippen LogP contribution in [0.4, 0.5) is 5.69 Å². The molecule has 1 aromatic rings. The summed E-state index contributed by atoms with van der Waals surface area (Å²) < 4.78 is 0. The van der Waals surface area contributed by atoms with Crippen LogP contribution in [0.1, 0.15) is 24.2 Å². The predicted molar refractivity (Wildman–Crippen MR) is 72.3 cm³/mol. The summed E-state index contributed by atoms with van der Waals surface area (Å²) in [6, 6.07) is 9.50. The summed E-state index contributed by atoms with van der Waals surface area (Å²) in [7, 11) is 1.72. The first kappa shape index (κ1) is 14.0. The number of amides is 1. The molecule has 1 N–H and O–H groups in total. The first-order valence-electron chi connectivity index (χ1n) is 6.07. The number of hydrogen-bond donors (Lipinski definition) is 1. The molecule has 1 unspecified atom stereocenters. The highest BCUT2D eigenvalue weighted by Crippen LogP contribution is 2.11. The van der Waals surface area contributed by atoms with Crippen LogP contribution in [-0.4, -0.2) is 30.9 Å². The van der Waals surface area contributed by atoms with Crippen LogP contribution in [-0.2, 0) is 0 Å². The summed E-state index contributed by atoms with van der Waals surface area (Å²) in [6.07, 6.45) is 0. The molecule has 0 radical (unpaired) electrons. The zero-order chi connectivity index (χ0) is 13.5. The number of anilines is 1. The average molecular weight is 245 g/mol. The molecule has 1 atom stereocenters. The van der Waals surface area contributed by atoms with Crippen molar-refractivity contribution in [1.29, 1.82) is 5.26 Å². The minimum absolute atomic E-state index is 0.0554. The van der Waals surface area contributed by atoms with Crippen LogP contribution < -0.4 is 5.32 Å². The van der Waals surface area contributed by atoms with Gasteiger partial charge in [-0.15, -0.1) is 0 Å². The number of nitrogens with one attached hydrogen (secondary N) is 1. The number of carbonyl (C=O) groups excluding carboxylic acids is 1. The third kappa shape index (κ3) is 3.77. The highest BCUT2D eigenvalue weighted by atomic mass is 16.2. The Kier molecular flexibility index (Phi) is 5.19. The van der Waals surface area contributed by atoms with E-state index in [0.29, 0.717) is 12.1 Å². The minimum Gasteiger partial charge on any atom is -0.385 e. The smallest absolute Gasteiger partial charge is 0.253 e. The summed E-state index contributed by atoms with van der Waals surface area (Å²) in [6.45, 7) is 5.13. The molecular weight excluding hydrogens is 226 g/mol. The lowest BCUT2D eigenvalue weighted by Crippen LogP contribution is -2.30. The maximum atomic E-state index is 12.1. The molecule has 96 valence electrons. The summed E-state index contributed by atoms with van der Waals surface area (Å²) in [5, 5.41) is 11.9. The van der Waals surface area contributed by atoms with Gasteiger partial charge in [-0.2, -0.15) is 5.26 Å². The van der Waals surface area contributed by atoms with Gasteiger partial charge in [-0.3, -0.25) is 4.79 Å². The van der Waals surface area contributed by atoms with Crippen molar-refractivity contribution in [2.75, 3.05) is 25.5 Å². The quantitative estimate of drug-likeness (QED) is 0.866. The predicted octanol–water partition coefficient (Wildman–Crippen LogP) is 2.35. The molecule has 0 aliphatic heterocycles. The minimum atomic E-state index is -0.153. The normalized spacial score (nSPS) is 11.4. The molecule has 1 amide bonds. The summed E-state index contributed by atoms with van der Waals surface area (Å²) in [5.41, 5.74) is 1.64. The van der Waals surface area contributed by atoms with Crippen molar-refractivity contribution in [1.82, 2.24) is 4.90 Å². The molecule has 1 aromatic carbocycles. The molecule has 0 saturated heterocycles. The summed E-state index contributed by atoms with van der Waals surface area (Å²) in [5.74, 6) is -0.208. The molecule has 0 aliphatic carbocycles. The van der Waals surface area contributed by atoms with E-state index in [1.165, 1.54) is 0 Å². The van der Waals surface area contributed by atoms with Gasteiger partial charge in [-0.05, 0) is 38.1 Å². The molecule has 0 aliphatic rings. The molecule has 0 fully saturated rings. The fraction of sp³-hybridized carbons (Fsp3) is 0.429. The Hall–Kier alpha value is -2.02. The molecule has 4 heteroatoms. The lowest BCUT2D eigenvalue weighted by molar-refractivity contribution is 0.0785. The van der Waals surface area contributed by atoms with Gasteiger partial charge in [0.15, 0.2) is 0 Å². The largest absolute Gasteiger partial charge is 0.385 e. The first-order chi connectivity index (χ1) is 8.58. The Bertz CT molecular complexity index is 433. The summed E-state index contributed by atoms with van der Waals surface area (Å²) in [4.78, 5) is 13.6. The van der Waals surface area contributed by atoms with Gasteiger partial charge in [0, 0.05) is 31.4 Å². The van der Waals surface area contributed by atoms with Crippen molar-refractivity contribution in [3.8, 4) is 6.07 Å². The van der Waals surface area contributed by atoms with Gasteiger partial charge in [-0.1, -0.05) is 0 Å². The second-order valence-electron chi connectivity index (χ2n) is 4.32. The van der Waals surface area contributed by atoms with Crippen molar-refractivity contribution in [2.45, 2.75) is 13.8 Å². The Labute approximate surface area is 108 Å². The molecule has 1 rings (SSSR count). The SMILES string of the molecule is CCNc1ccc(C(=O)N(C)CC(C)C#N)cc1. The van der Waals surface area contributed by atoms with E-state index in [0.717, 1.165) is 12.2 Å². The van der Waals surface area contributed by atoms with E-state index >= 15 is 0 Å². The van der Waals surface area contributed by atoms with Crippen molar-refractivity contribution >= 4 is 11.6 Å². The maximum Gasteiger partial charge on any atom is 0.253 e. The topological polar surface area (TPSA) is 56.1 Å². The van der Waals surface area contributed by atoms with Gasteiger partial charge in [0.1, 0.15) is 0 Å². The Morgan fingerprint density at radius 3 is 2.56 bits per heavy atom. The number of rotatable bonds is 5. The fourth-order valence-electron chi connectivity index (χ4n) is 1.69. The molecule has 0 bridgehead atoms. The molecule has 18 heavy (non-hydrogen) atoms. The molecular formula is C14H19N3O. The second-order valence-corrected chi connectivity index (χ2v) is 4.32. The second kappa shape index (κ2) is 6.65. The van der Waals surface area contributed by atoms with Crippen LogP contribution in [0.25, 0.3) is 0 Å². The zero-order valence-corrected chi connectivity index (χ0v) is 11.1. The third-order valence-electron chi connectivity index (χ3n) is 2.63. The molecule has 0 saturated carbocycles. The highest BCUT2D eigenvalue weighted by molar-refractivity contribution is 5.94. The van der Waals surface area contributed by atoms with Crippen LogP contribution in [0.3, 0.4) is 0 Å². The van der Waals surface area contributed by atoms with Gasteiger partial charge in [-0.25, -0.2) is 0 Å². The molecule has 0 spiro atoms. The zero-order valence-electron chi connectivity index (χ0n) is 11.1. The van der Waals surface area contributed by atoms with E-state index in [1.807, 2.05) is 19.1 Å². The third-order valence-corrected chi connectivity index (χ3v) is 2.63. The van der Waals surface area contributed by atoms with E-state index in [4.69, 9.17) is 5.26 Å².